The van der Waals surface area contributed by atoms with Gasteiger partial charge in [-0.25, -0.2) is 9.97 Å². The molecular weight excluding hydrogens is 331 g/mol. The van der Waals surface area contributed by atoms with E-state index >= 15 is 0 Å². The van der Waals surface area contributed by atoms with Crippen LogP contribution in [0.2, 0.25) is 10.0 Å². The fraction of sp³-hybridized carbons (Fsp3) is 0.176. The predicted octanol–water partition coefficient (Wildman–Crippen LogP) is 4.66. The SMILES string of the molecule is Cc1cc2c(Cl)c(Cc3cc4c(Cl)ccnc4[nH]3)cnc2n1C. The van der Waals surface area contributed by atoms with E-state index in [4.69, 9.17) is 23.2 Å². The van der Waals surface area contributed by atoms with Gasteiger partial charge in [-0.2, -0.15) is 0 Å². The van der Waals surface area contributed by atoms with Crippen LogP contribution in [0.15, 0.2) is 30.6 Å². The van der Waals surface area contributed by atoms with Gasteiger partial charge in [-0.15, -0.1) is 0 Å². The molecule has 0 unspecified atom stereocenters. The fourth-order valence-electron chi connectivity index (χ4n) is 2.88. The zero-order valence-corrected chi connectivity index (χ0v) is 14.2. The van der Waals surface area contributed by atoms with E-state index in [0.717, 1.165) is 44.0 Å². The number of aromatic nitrogens is 4. The molecular formula is C17H14Cl2N4. The van der Waals surface area contributed by atoms with Gasteiger partial charge in [-0.3, -0.25) is 0 Å². The molecule has 0 aliphatic heterocycles. The topological polar surface area (TPSA) is 46.5 Å². The molecule has 0 radical (unpaired) electrons. The highest BCUT2D eigenvalue weighted by atomic mass is 35.5. The molecule has 0 atom stereocenters. The number of aryl methyl sites for hydroxylation is 2. The summed E-state index contributed by atoms with van der Waals surface area (Å²) in [5.74, 6) is 0. The maximum Gasteiger partial charge on any atom is 0.141 e. The van der Waals surface area contributed by atoms with Crippen LogP contribution >= 0.6 is 23.2 Å². The minimum atomic E-state index is 0.655. The standard InChI is InChI=1S/C17H14Cl2N4/c1-9-5-13-15(19)10(8-21-17(13)23(9)2)6-11-7-12-14(18)3-4-20-16(12)22-11/h3-5,7-8H,6H2,1-2H3,(H,20,22). The molecule has 0 aliphatic carbocycles. The first kappa shape index (κ1) is 14.5. The van der Waals surface area contributed by atoms with Gasteiger partial charge in [0, 0.05) is 48.0 Å². The van der Waals surface area contributed by atoms with E-state index in [9.17, 15) is 0 Å². The van der Waals surface area contributed by atoms with Crippen molar-refractivity contribution in [1.29, 1.82) is 0 Å². The lowest BCUT2D eigenvalue weighted by Crippen LogP contribution is -1.95. The predicted molar refractivity (Wildman–Crippen MR) is 94.4 cm³/mol. The molecule has 6 heteroatoms. The Morgan fingerprint density at radius 3 is 2.78 bits per heavy atom. The second kappa shape index (κ2) is 5.25. The zero-order chi connectivity index (χ0) is 16.1. The molecule has 4 rings (SSSR count). The van der Waals surface area contributed by atoms with E-state index in [1.807, 2.05) is 30.8 Å². The van der Waals surface area contributed by atoms with Crippen molar-refractivity contribution in [3.05, 3.63) is 57.6 Å². The Labute approximate surface area is 143 Å². The van der Waals surface area contributed by atoms with Crippen molar-refractivity contribution in [2.45, 2.75) is 13.3 Å². The van der Waals surface area contributed by atoms with Gasteiger partial charge in [0.05, 0.1) is 10.0 Å². The highest BCUT2D eigenvalue weighted by molar-refractivity contribution is 6.36. The second-order valence-electron chi connectivity index (χ2n) is 5.71. The molecule has 1 N–H and O–H groups in total. The number of hydrogen-bond acceptors (Lipinski definition) is 2. The van der Waals surface area contributed by atoms with Crippen LogP contribution in [0, 0.1) is 6.92 Å². The lowest BCUT2D eigenvalue weighted by Gasteiger charge is -2.04. The Kier molecular flexibility index (Phi) is 3.32. The third-order valence-corrected chi connectivity index (χ3v) is 4.99. The maximum absolute atomic E-state index is 6.60. The van der Waals surface area contributed by atoms with Crippen LogP contribution < -0.4 is 0 Å². The molecule has 0 aliphatic rings. The average molecular weight is 345 g/mol. The minimum absolute atomic E-state index is 0.655. The van der Waals surface area contributed by atoms with Crippen molar-refractivity contribution in [3.63, 3.8) is 0 Å². The molecule has 4 nitrogen and oxygen atoms in total. The lowest BCUT2D eigenvalue weighted by molar-refractivity contribution is 0.900. The fourth-order valence-corrected chi connectivity index (χ4v) is 3.33. The van der Waals surface area contributed by atoms with Gasteiger partial charge in [0.2, 0.25) is 0 Å². The Balaban J connectivity index is 1.79. The van der Waals surface area contributed by atoms with Crippen molar-refractivity contribution in [3.8, 4) is 0 Å². The van der Waals surface area contributed by atoms with Crippen molar-refractivity contribution in [2.24, 2.45) is 7.05 Å². The van der Waals surface area contributed by atoms with Crippen molar-refractivity contribution >= 4 is 45.3 Å². The van der Waals surface area contributed by atoms with Crippen molar-refractivity contribution in [2.75, 3.05) is 0 Å². The highest BCUT2D eigenvalue weighted by Crippen LogP contribution is 2.30. The summed E-state index contributed by atoms with van der Waals surface area (Å²) in [5, 5.41) is 3.34. The van der Waals surface area contributed by atoms with Gasteiger partial charge < -0.3 is 9.55 Å². The summed E-state index contributed by atoms with van der Waals surface area (Å²) in [6.45, 7) is 2.04. The Morgan fingerprint density at radius 1 is 1.17 bits per heavy atom. The Morgan fingerprint density at radius 2 is 2.00 bits per heavy atom. The molecule has 0 amide bonds. The van der Waals surface area contributed by atoms with Crippen LogP contribution in [0.3, 0.4) is 0 Å². The molecule has 116 valence electrons. The number of nitrogens with zero attached hydrogens (tertiary/aromatic N) is 3. The molecule has 23 heavy (non-hydrogen) atoms. The van der Waals surface area contributed by atoms with E-state index < -0.39 is 0 Å². The number of halogens is 2. The number of fused-ring (bicyclic) bond motifs is 2. The van der Waals surface area contributed by atoms with E-state index in [0.29, 0.717) is 11.4 Å². The third kappa shape index (κ3) is 2.30. The quantitative estimate of drug-likeness (QED) is 0.575. The van der Waals surface area contributed by atoms with E-state index in [2.05, 4.69) is 21.0 Å². The largest absolute Gasteiger partial charge is 0.343 e. The van der Waals surface area contributed by atoms with E-state index in [1.54, 1.807) is 12.3 Å². The van der Waals surface area contributed by atoms with Crippen LogP contribution in [0.4, 0.5) is 0 Å². The summed E-state index contributed by atoms with van der Waals surface area (Å²) in [7, 11) is 1.99. The van der Waals surface area contributed by atoms with Gasteiger partial charge in [-0.05, 0) is 30.7 Å². The van der Waals surface area contributed by atoms with E-state index in [1.165, 1.54) is 0 Å². The highest BCUT2D eigenvalue weighted by Gasteiger charge is 2.13. The molecule has 0 aromatic carbocycles. The van der Waals surface area contributed by atoms with Gasteiger partial charge in [0.25, 0.3) is 0 Å². The normalized spacial score (nSPS) is 11.7. The molecule has 0 spiro atoms. The van der Waals surface area contributed by atoms with Gasteiger partial charge >= 0.3 is 0 Å². The Hall–Kier alpha value is -2.04. The molecule has 0 fully saturated rings. The minimum Gasteiger partial charge on any atom is -0.343 e. The maximum atomic E-state index is 6.60. The molecule has 0 saturated heterocycles. The summed E-state index contributed by atoms with van der Waals surface area (Å²) < 4.78 is 2.04. The number of pyridine rings is 2. The zero-order valence-electron chi connectivity index (χ0n) is 12.7. The summed E-state index contributed by atoms with van der Waals surface area (Å²) in [5.41, 5.74) is 4.81. The van der Waals surface area contributed by atoms with Crippen LogP contribution in [-0.2, 0) is 13.5 Å². The van der Waals surface area contributed by atoms with Crippen LogP contribution in [0.1, 0.15) is 17.0 Å². The van der Waals surface area contributed by atoms with E-state index in [-0.39, 0.29) is 0 Å². The smallest absolute Gasteiger partial charge is 0.141 e. The number of H-pyrrole nitrogens is 1. The van der Waals surface area contributed by atoms with Crippen LogP contribution in [0.25, 0.3) is 22.1 Å². The van der Waals surface area contributed by atoms with Crippen molar-refractivity contribution in [1.82, 2.24) is 19.5 Å². The lowest BCUT2D eigenvalue weighted by atomic mass is 10.1. The second-order valence-corrected chi connectivity index (χ2v) is 6.49. The van der Waals surface area contributed by atoms with Gasteiger partial charge in [0.15, 0.2) is 0 Å². The number of nitrogens with one attached hydrogen (secondary N) is 1. The number of rotatable bonds is 2. The molecule has 4 aromatic rings. The van der Waals surface area contributed by atoms with Crippen LogP contribution in [-0.4, -0.2) is 19.5 Å². The molecule has 4 aromatic heterocycles. The summed E-state index contributed by atoms with van der Waals surface area (Å²) in [4.78, 5) is 12.1. The summed E-state index contributed by atoms with van der Waals surface area (Å²) >= 11 is 12.8. The summed E-state index contributed by atoms with van der Waals surface area (Å²) in [6.07, 6.45) is 4.19. The molecule has 4 heterocycles. The third-order valence-electron chi connectivity index (χ3n) is 4.22. The van der Waals surface area contributed by atoms with Gasteiger partial charge in [-0.1, -0.05) is 23.2 Å². The Bertz CT molecular complexity index is 1050. The number of hydrogen-bond donors (Lipinski definition) is 1. The molecule has 0 bridgehead atoms. The molecule has 0 saturated carbocycles. The first-order valence-corrected chi connectivity index (χ1v) is 8.01. The van der Waals surface area contributed by atoms with Crippen molar-refractivity contribution < 1.29 is 0 Å². The number of aromatic amines is 1. The first-order chi connectivity index (χ1) is 11.0. The average Bonchev–Trinajstić information content (AvgIpc) is 3.06. The summed E-state index contributed by atoms with van der Waals surface area (Å²) in [6, 6.07) is 5.87. The van der Waals surface area contributed by atoms with Crippen LogP contribution in [0.5, 0.6) is 0 Å². The monoisotopic (exact) mass is 344 g/mol. The van der Waals surface area contributed by atoms with Gasteiger partial charge in [0.1, 0.15) is 11.3 Å². The first-order valence-electron chi connectivity index (χ1n) is 7.26.